The number of nitrogens with zero attached hydrogens (tertiary/aromatic N) is 2. The minimum absolute atomic E-state index is 0.0508. The highest BCUT2D eigenvalue weighted by Gasteiger charge is 2.22. The molecule has 1 aromatic heterocycles. The summed E-state index contributed by atoms with van der Waals surface area (Å²) < 4.78 is 33.0. The molecule has 0 bridgehead atoms. The van der Waals surface area contributed by atoms with Crippen molar-refractivity contribution >= 4 is 27.6 Å². The summed E-state index contributed by atoms with van der Waals surface area (Å²) in [6, 6.07) is 15.1. The molecule has 0 fully saturated rings. The molecule has 0 radical (unpaired) electrons. The van der Waals surface area contributed by atoms with E-state index in [0.717, 1.165) is 9.99 Å². The highest BCUT2D eigenvalue weighted by Crippen LogP contribution is 2.22. The number of aromatic nitrogens is 1. The molecule has 1 N–H and O–H groups in total. The van der Waals surface area contributed by atoms with E-state index in [4.69, 9.17) is 4.74 Å². The Morgan fingerprint density at radius 3 is 2.38 bits per heavy atom. The van der Waals surface area contributed by atoms with Gasteiger partial charge < -0.3 is 14.6 Å². The van der Waals surface area contributed by atoms with E-state index < -0.39 is 28.0 Å². The third kappa shape index (κ3) is 5.06. The first-order valence-electron chi connectivity index (χ1n) is 9.88. The number of carbonyl (C=O) groups is 2. The molecule has 0 saturated heterocycles. The fraction of sp³-hybridized carbons (Fsp3) is 0.217. The topological polar surface area (TPSA) is 97.7 Å². The summed E-state index contributed by atoms with van der Waals surface area (Å²) in [4.78, 5) is 25.2. The van der Waals surface area contributed by atoms with Gasteiger partial charge >= 0.3 is 5.97 Å². The van der Waals surface area contributed by atoms with Gasteiger partial charge in [0.25, 0.3) is 5.91 Å². The van der Waals surface area contributed by atoms with Crippen molar-refractivity contribution in [1.82, 2.24) is 8.87 Å². The van der Waals surface area contributed by atoms with Gasteiger partial charge in [0.15, 0.2) is 6.10 Å². The zero-order valence-corrected chi connectivity index (χ0v) is 19.1. The third-order valence-corrected chi connectivity index (χ3v) is 6.69. The van der Waals surface area contributed by atoms with Crippen LogP contribution in [0.3, 0.4) is 0 Å². The lowest BCUT2D eigenvalue weighted by molar-refractivity contribution is -0.123. The van der Waals surface area contributed by atoms with Gasteiger partial charge in [-0.05, 0) is 61.9 Å². The lowest BCUT2D eigenvalue weighted by atomic mass is 10.2. The van der Waals surface area contributed by atoms with Gasteiger partial charge in [0, 0.05) is 37.9 Å². The van der Waals surface area contributed by atoms with Crippen LogP contribution in [0.5, 0.6) is 0 Å². The summed E-state index contributed by atoms with van der Waals surface area (Å²) in [5, 5.41) is 2.65. The van der Waals surface area contributed by atoms with Crippen LogP contribution in [0.15, 0.2) is 71.9 Å². The van der Waals surface area contributed by atoms with Gasteiger partial charge in [-0.15, -0.1) is 0 Å². The Balaban J connectivity index is 1.72. The molecule has 168 valence electrons. The van der Waals surface area contributed by atoms with Crippen molar-refractivity contribution in [3.63, 3.8) is 0 Å². The summed E-state index contributed by atoms with van der Waals surface area (Å²) in [5.74, 6) is -1.20. The predicted octanol–water partition coefficient (Wildman–Crippen LogP) is 3.22. The number of carbonyl (C=O) groups excluding carboxylic acids is 2. The normalized spacial score (nSPS) is 12.4. The summed E-state index contributed by atoms with van der Waals surface area (Å²) in [6.45, 7) is 3.20. The van der Waals surface area contributed by atoms with Gasteiger partial charge in [-0.1, -0.05) is 12.1 Å². The molecule has 3 rings (SSSR count). The van der Waals surface area contributed by atoms with Crippen LogP contribution in [-0.4, -0.2) is 49.4 Å². The van der Waals surface area contributed by atoms with Crippen molar-refractivity contribution in [2.75, 3.05) is 19.4 Å². The summed E-state index contributed by atoms with van der Waals surface area (Å²) in [5.41, 5.74) is 2.10. The first-order chi connectivity index (χ1) is 15.1. The lowest BCUT2D eigenvalue weighted by Gasteiger charge is -2.17. The van der Waals surface area contributed by atoms with Crippen LogP contribution in [0.1, 0.15) is 22.8 Å². The molecule has 1 heterocycles. The van der Waals surface area contributed by atoms with E-state index in [1.54, 1.807) is 31.2 Å². The van der Waals surface area contributed by atoms with Gasteiger partial charge in [0.2, 0.25) is 10.0 Å². The number of hydrogen-bond acceptors (Lipinski definition) is 5. The van der Waals surface area contributed by atoms with Crippen molar-refractivity contribution in [3.8, 4) is 5.69 Å². The van der Waals surface area contributed by atoms with E-state index in [2.05, 4.69) is 5.32 Å². The Hall–Kier alpha value is -3.43. The number of anilines is 1. The first kappa shape index (κ1) is 23.2. The SMILES string of the molecule is Cc1ccc(S(=O)(=O)N(C)C)cc1NC(=O)[C@@H](C)OC(=O)c1cccc(-n2cccc2)c1. The molecule has 1 amide bonds. The van der Waals surface area contributed by atoms with Crippen molar-refractivity contribution in [3.05, 3.63) is 78.1 Å². The van der Waals surface area contributed by atoms with Gasteiger partial charge in [0.05, 0.1) is 10.5 Å². The second-order valence-corrected chi connectivity index (χ2v) is 9.59. The Morgan fingerprint density at radius 1 is 1.03 bits per heavy atom. The number of ether oxygens (including phenoxy) is 1. The van der Waals surface area contributed by atoms with Gasteiger partial charge in [-0.25, -0.2) is 17.5 Å². The molecule has 0 spiro atoms. The highest BCUT2D eigenvalue weighted by atomic mass is 32.2. The molecule has 0 aliphatic rings. The Bertz CT molecular complexity index is 1230. The minimum Gasteiger partial charge on any atom is -0.449 e. The molecule has 1 atom stereocenters. The number of esters is 1. The van der Waals surface area contributed by atoms with Gasteiger partial charge in [-0.3, -0.25) is 4.79 Å². The molecule has 2 aromatic carbocycles. The summed E-state index contributed by atoms with van der Waals surface area (Å²) >= 11 is 0. The van der Waals surface area contributed by atoms with Crippen molar-refractivity contribution in [1.29, 1.82) is 0 Å². The Labute approximate surface area is 187 Å². The predicted molar refractivity (Wildman–Crippen MR) is 121 cm³/mol. The highest BCUT2D eigenvalue weighted by molar-refractivity contribution is 7.89. The van der Waals surface area contributed by atoms with E-state index in [1.165, 1.54) is 33.2 Å². The molecule has 0 saturated carbocycles. The quantitative estimate of drug-likeness (QED) is 0.552. The fourth-order valence-corrected chi connectivity index (χ4v) is 3.85. The molecule has 3 aromatic rings. The fourth-order valence-electron chi connectivity index (χ4n) is 2.92. The lowest BCUT2D eigenvalue weighted by Crippen LogP contribution is -2.30. The molecule has 0 unspecified atom stereocenters. The van der Waals surface area contributed by atoms with Crippen LogP contribution in [0.4, 0.5) is 5.69 Å². The number of amides is 1. The Morgan fingerprint density at radius 2 is 1.72 bits per heavy atom. The molecule has 9 heteroatoms. The Kier molecular flexibility index (Phi) is 6.81. The van der Waals surface area contributed by atoms with Crippen LogP contribution in [0, 0.1) is 6.92 Å². The van der Waals surface area contributed by atoms with Crippen LogP contribution >= 0.6 is 0 Å². The number of aryl methyl sites for hydroxylation is 1. The average Bonchev–Trinajstić information content (AvgIpc) is 3.30. The maximum absolute atomic E-state index is 12.6. The molecule has 32 heavy (non-hydrogen) atoms. The monoisotopic (exact) mass is 455 g/mol. The largest absolute Gasteiger partial charge is 0.449 e. The smallest absolute Gasteiger partial charge is 0.338 e. The maximum Gasteiger partial charge on any atom is 0.338 e. The van der Waals surface area contributed by atoms with Crippen molar-refractivity contribution < 1.29 is 22.7 Å². The molecule has 0 aliphatic carbocycles. The number of hydrogen-bond donors (Lipinski definition) is 1. The second kappa shape index (κ2) is 9.37. The van der Waals surface area contributed by atoms with Crippen LogP contribution in [0.25, 0.3) is 5.69 Å². The van der Waals surface area contributed by atoms with Crippen molar-refractivity contribution in [2.24, 2.45) is 0 Å². The zero-order valence-electron chi connectivity index (χ0n) is 18.3. The molecular weight excluding hydrogens is 430 g/mol. The average molecular weight is 456 g/mol. The molecule has 8 nitrogen and oxygen atoms in total. The van der Waals surface area contributed by atoms with E-state index in [0.29, 0.717) is 16.8 Å². The van der Waals surface area contributed by atoms with Gasteiger partial charge in [0.1, 0.15) is 0 Å². The second-order valence-electron chi connectivity index (χ2n) is 7.44. The molecule has 0 aliphatic heterocycles. The minimum atomic E-state index is -3.66. The summed E-state index contributed by atoms with van der Waals surface area (Å²) in [6.07, 6.45) is 2.62. The van der Waals surface area contributed by atoms with E-state index in [1.807, 2.05) is 35.2 Å². The molecular formula is C23H25N3O5S. The number of sulfonamides is 1. The van der Waals surface area contributed by atoms with Crippen molar-refractivity contribution in [2.45, 2.75) is 24.8 Å². The van der Waals surface area contributed by atoms with E-state index in [-0.39, 0.29) is 4.90 Å². The summed E-state index contributed by atoms with van der Waals surface area (Å²) in [7, 11) is -0.794. The van der Waals surface area contributed by atoms with Crippen LogP contribution < -0.4 is 5.32 Å². The van der Waals surface area contributed by atoms with Crippen LogP contribution in [0.2, 0.25) is 0 Å². The first-order valence-corrected chi connectivity index (χ1v) is 11.3. The standard InChI is InChI=1S/C23H25N3O5S/c1-16-10-11-20(32(29,30)25(3)4)15-21(16)24-22(27)17(2)31-23(28)18-8-7-9-19(14-18)26-12-5-6-13-26/h5-15,17H,1-4H3,(H,24,27)/t17-/m1/s1. The number of benzene rings is 2. The van der Waals surface area contributed by atoms with Gasteiger partial charge in [-0.2, -0.15) is 0 Å². The third-order valence-electron chi connectivity index (χ3n) is 4.88. The maximum atomic E-state index is 12.6. The zero-order chi connectivity index (χ0) is 23.5. The van der Waals surface area contributed by atoms with E-state index >= 15 is 0 Å². The van der Waals surface area contributed by atoms with E-state index in [9.17, 15) is 18.0 Å². The number of rotatable bonds is 7. The number of nitrogens with one attached hydrogen (secondary N) is 1. The van der Waals surface area contributed by atoms with Crippen LogP contribution in [-0.2, 0) is 19.6 Å².